The first-order chi connectivity index (χ1) is 15.3. The lowest BCUT2D eigenvalue weighted by Crippen LogP contribution is -2.26. The van der Waals surface area contributed by atoms with E-state index < -0.39 is 44.2 Å². The van der Waals surface area contributed by atoms with Crippen molar-refractivity contribution in [1.82, 2.24) is 19.3 Å². The number of pyridine rings is 2. The first-order valence-electron chi connectivity index (χ1n) is 10.5. The molecule has 178 valence electrons. The molecule has 3 aromatic rings. The molecule has 1 fully saturated rings. The summed E-state index contributed by atoms with van der Waals surface area (Å²) in [6.07, 6.45) is -0.898. The Bertz CT molecular complexity index is 1310. The molecule has 0 saturated heterocycles. The van der Waals surface area contributed by atoms with Gasteiger partial charge in [0, 0.05) is 36.4 Å². The molecule has 1 saturated carbocycles. The van der Waals surface area contributed by atoms with Gasteiger partial charge < -0.3 is 4.57 Å². The Labute approximate surface area is 189 Å². The molecule has 4 rings (SSSR count). The van der Waals surface area contributed by atoms with Gasteiger partial charge in [-0.05, 0) is 42.0 Å². The van der Waals surface area contributed by atoms with Gasteiger partial charge in [-0.2, -0.15) is 13.2 Å². The average Bonchev–Trinajstić information content (AvgIpc) is 3.50. The van der Waals surface area contributed by atoms with E-state index in [9.17, 15) is 21.6 Å². The molecule has 0 radical (unpaired) electrons. The highest BCUT2D eigenvalue weighted by atomic mass is 32.2. The number of rotatable bonds is 6. The van der Waals surface area contributed by atoms with Crippen LogP contribution in [-0.4, -0.2) is 28.2 Å². The summed E-state index contributed by atoms with van der Waals surface area (Å²) in [7, 11) is -3.47. The van der Waals surface area contributed by atoms with Crippen LogP contribution in [0, 0.1) is 11.2 Å². The maximum Gasteiger partial charge on any atom is 0.434 e. The Morgan fingerprint density at radius 2 is 1.91 bits per heavy atom. The summed E-state index contributed by atoms with van der Waals surface area (Å²) in [5.41, 5.74) is -1.58. The van der Waals surface area contributed by atoms with Crippen LogP contribution in [0.1, 0.15) is 44.9 Å². The van der Waals surface area contributed by atoms with Gasteiger partial charge in [0.2, 0.25) is 10.0 Å². The van der Waals surface area contributed by atoms with E-state index in [-0.39, 0.29) is 17.6 Å². The SMILES string of the molecule is CC(C)(C)Cn1cc(CNS(=O)(=O)C2CC2)c2cc(F)c(-c3cccnc3C(F)(F)F)nc21. The Balaban J connectivity index is 1.84. The lowest BCUT2D eigenvalue weighted by molar-refractivity contribution is -0.140. The fourth-order valence-electron chi connectivity index (χ4n) is 3.71. The molecule has 0 aliphatic heterocycles. The first kappa shape index (κ1) is 23.6. The lowest BCUT2D eigenvalue weighted by atomic mass is 9.97. The third-order valence-corrected chi connectivity index (χ3v) is 7.18. The molecule has 6 nitrogen and oxygen atoms in total. The van der Waals surface area contributed by atoms with Crippen LogP contribution in [0.5, 0.6) is 0 Å². The largest absolute Gasteiger partial charge is 0.434 e. The zero-order valence-electron chi connectivity index (χ0n) is 18.4. The molecule has 0 bridgehead atoms. The number of alkyl halides is 3. The van der Waals surface area contributed by atoms with E-state index in [0.717, 1.165) is 18.3 Å². The molecule has 33 heavy (non-hydrogen) atoms. The predicted octanol–water partition coefficient (Wildman–Crippen LogP) is 4.88. The standard InChI is InChI=1S/C22H24F4N4O2S/c1-21(2,3)12-30-11-13(10-28-33(31,32)14-6-7-14)16-9-17(23)18(29-20(16)30)15-5-4-8-27-19(15)22(24,25)26/h4-5,8-9,11,14,28H,6-7,10,12H2,1-3H3. The van der Waals surface area contributed by atoms with E-state index in [4.69, 9.17) is 0 Å². The van der Waals surface area contributed by atoms with Crippen molar-refractivity contribution in [2.45, 2.75) is 58.1 Å². The fourth-order valence-corrected chi connectivity index (χ4v) is 5.06. The van der Waals surface area contributed by atoms with E-state index in [2.05, 4.69) is 14.7 Å². The summed E-state index contributed by atoms with van der Waals surface area (Å²) < 4.78 is 84.3. The first-order valence-corrected chi connectivity index (χ1v) is 12.0. The van der Waals surface area contributed by atoms with E-state index in [1.165, 1.54) is 6.07 Å². The van der Waals surface area contributed by atoms with Crippen molar-refractivity contribution in [3.63, 3.8) is 0 Å². The minimum atomic E-state index is -4.78. The molecule has 1 N–H and O–H groups in total. The number of sulfonamides is 1. The van der Waals surface area contributed by atoms with E-state index >= 15 is 4.39 Å². The molecule has 3 heterocycles. The van der Waals surface area contributed by atoms with Gasteiger partial charge in [-0.15, -0.1) is 0 Å². The highest BCUT2D eigenvalue weighted by Gasteiger charge is 2.37. The third kappa shape index (κ3) is 5.03. The van der Waals surface area contributed by atoms with Gasteiger partial charge in [-0.1, -0.05) is 20.8 Å². The topological polar surface area (TPSA) is 76.9 Å². The van der Waals surface area contributed by atoms with Crippen LogP contribution in [0.4, 0.5) is 17.6 Å². The number of hydrogen-bond acceptors (Lipinski definition) is 4. The molecule has 0 aromatic carbocycles. The fraction of sp³-hybridized carbons (Fsp3) is 0.455. The molecule has 0 amide bonds. The van der Waals surface area contributed by atoms with Crippen LogP contribution in [0.3, 0.4) is 0 Å². The van der Waals surface area contributed by atoms with Crippen molar-refractivity contribution in [1.29, 1.82) is 0 Å². The number of aromatic nitrogens is 3. The zero-order valence-corrected chi connectivity index (χ0v) is 19.2. The number of fused-ring (bicyclic) bond motifs is 1. The second kappa shape index (κ2) is 8.05. The Morgan fingerprint density at radius 3 is 2.52 bits per heavy atom. The van der Waals surface area contributed by atoms with Crippen LogP contribution in [0.2, 0.25) is 0 Å². The minimum Gasteiger partial charge on any atom is -0.332 e. The van der Waals surface area contributed by atoms with Crippen LogP contribution in [-0.2, 0) is 29.3 Å². The highest BCUT2D eigenvalue weighted by Crippen LogP contribution is 2.37. The van der Waals surface area contributed by atoms with Crippen LogP contribution < -0.4 is 4.72 Å². The summed E-state index contributed by atoms with van der Waals surface area (Å²) in [6.45, 7) is 6.30. The number of nitrogens with zero attached hydrogens (tertiary/aromatic N) is 3. The van der Waals surface area contributed by atoms with Gasteiger partial charge in [0.15, 0.2) is 5.69 Å². The monoisotopic (exact) mass is 484 g/mol. The molecule has 1 aliphatic carbocycles. The van der Waals surface area contributed by atoms with Gasteiger partial charge in [-0.3, -0.25) is 4.98 Å². The van der Waals surface area contributed by atoms with Crippen molar-refractivity contribution in [2.75, 3.05) is 0 Å². The molecular formula is C22H24F4N4O2S. The maximum absolute atomic E-state index is 15.1. The summed E-state index contributed by atoms with van der Waals surface area (Å²) in [5.74, 6) is -0.944. The quantitative estimate of drug-likeness (QED) is 0.506. The summed E-state index contributed by atoms with van der Waals surface area (Å²) >= 11 is 0. The highest BCUT2D eigenvalue weighted by molar-refractivity contribution is 7.90. The molecule has 0 atom stereocenters. The minimum absolute atomic E-state index is 0.0619. The average molecular weight is 485 g/mol. The second-order valence-electron chi connectivity index (χ2n) is 9.50. The van der Waals surface area contributed by atoms with Gasteiger partial charge in [-0.25, -0.2) is 22.5 Å². The van der Waals surface area contributed by atoms with E-state index in [0.29, 0.717) is 30.3 Å². The van der Waals surface area contributed by atoms with Crippen LogP contribution >= 0.6 is 0 Å². The second-order valence-corrected chi connectivity index (χ2v) is 11.5. The van der Waals surface area contributed by atoms with Crippen molar-refractivity contribution < 1.29 is 26.0 Å². The van der Waals surface area contributed by atoms with Gasteiger partial charge in [0.05, 0.1) is 5.25 Å². The molecule has 1 aliphatic rings. The van der Waals surface area contributed by atoms with Crippen LogP contribution in [0.15, 0.2) is 30.6 Å². The Morgan fingerprint density at radius 1 is 1.21 bits per heavy atom. The van der Waals surface area contributed by atoms with Crippen molar-refractivity contribution >= 4 is 21.1 Å². The van der Waals surface area contributed by atoms with Gasteiger partial charge >= 0.3 is 6.18 Å². The zero-order chi connectivity index (χ0) is 24.2. The molecule has 3 aromatic heterocycles. The molecular weight excluding hydrogens is 460 g/mol. The predicted molar refractivity (Wildman–Crippen MR) is 116 cm³/mol. The third-order valence-electron chi connectivity index (χ3n) is 5.29. The van der Waals surface area contributed by atoms with Gasteiger partial charge in [0.1, 0.15) is 17.2 Å². The van der Waals surface area contributed by atoms with Crippen molar-refractivity contribution in [3.8, 4) is 11.3 Å². The summed E-state index contributed by atoms with van der Waals surface area (Å²) in [5, 5.41) is -0.0651. The normalized spacial score (nSPS) is 15.4. The van der Waals surface area contributed by atoms with E-state index in [1.807, 2.05) is 20.8 Å². The Kier molecular flexibility index (Phi) is 5.76. The van der Waals surface area contributed by atoms with Crippen LogP contribution in [0.25, 0.3) is 22.3 Å². The Hall–Kier alpha value is -2.53. The lowest BCUT2D eigenvalue weighted by Gasteiger charge is -2.19. The van der Waals surface area contributed by atoms with Crippen molar-refractivity contribution in [2.24, 2.45) is 5.41 Å². The number of nitrogens with one attached hydrogen (secondary N) is 1. The summed E-state index contributed by atoms with van der Waals surface area (Å²) in [6, 6.07) is 3.54. The molecule has 0 unspecified atom stereocenters. The number of halogens is 4. The van der Waals surface area contributed by atoms with Crippen molar-refractivity contribution in [3.05, 3.63) is 47.7 Å². The smallest absolute Gasteiger partial charge is 0.332 e. The summed E-state index contributed by atoms with van der Waals surface area (Å²) in [4.78, 5) is 7.68. The molecule has 11 heteroatoms. The number of hydrogen-bond donors (Lipinski definition) is 1. The van der Waals surface area contributed by atoms with E-state index in [1.54, 1.807) is 10.8 Å². The molecule has 0 spiro atoms. The van der Waals surface area contributed by atoms with Gasteiger partial charge in [0.25, 0.3) is 0 Å². The maximum atomic E-state index is 15.1.